The number of amides is 2. The van der Waals surface area contributed by atoms with Crippen LogP contribution < -0.4 is 15.4 Å². The van der Waals surface area contributed by atoms with Gasteiger partial charge in [-0.25, -0.2) is 0 Å². The van der Waals surface area contributed by atoms with E-state index in [1.54, 1.807) is 12.1 Å². The molecule has 3 rings (SSSR count). The standard InChI is InChI=1S/C17H22ClN3O3/c1-10(22)19-15-8-16(24-2)12(7-13(15)18)17(23)20-14-4-6-21-5-3-11(14)9-21/h7-8,11,14H,3-6,9H2,1-2H3,(H,19,22)(H,20,23)/t11-,14-/m0/s1. The summed E-state index contributed by atoms with van der Waals surface area (Å²) < 4.78 is 5.32. The van der Waals surface area contributed by atoms with Crippen molar-refractivity contribution >= 4 is 29.1 Å². The zero-order valence-corrected chi connectivity index (χ0v) is 14.7. The summed E-state index contributed by atoms with van der Waals surface area (Å²) in [5.41, 5.74) is 0.818. The molecule has 2 amide bonds. The number of halogens is 1. The fourth-order valence-electron chi connectivity index (χ4n) is 3.57. The first kappa shape index (κ1) is 17.0. The minimum Gasteiger partial charge on any atom is -0.496 e. The highest BCUT2D eigenvalue weighted by Gasteiger charge is 2.35. The Labute approximate surface area is 146 Å². The molecule has 3 atom stereocenters. The first-order chi connectivity index (χ1) is 11.5. The van der Waals surface area contributed by atoms with E-state index in [0.29, 0.717) is 27.9 Å². The molecule has 6 nitrogen and oxygen atoms in total. The fraction of sp³-hybridized carbons (Fsp3) is 0.529. The molecule has 2 aliphatic rings. The molecule has 0 radical (unpaired) electrons. The van der Waals surface area contributed by atoms with Crippen molar-refractivity contribution in [3.63, 3.8) is 0 Å². The number of carbonyl (C=O) groups is 2. The Morgan fingerprint density at radius 3 is 2.75 bits per heavy atom. The van der Waals surface area contributed by atoms with Gasteiger partial charge < -0.3 is 20.3 Å². The predicted molar refractivity (Wildman–Crippen MR) is 92.7 cm³/mol. The highest BCUT2D eigenvalue weighted by atomic mass is 35.5. The maximum atomic E-state index is 12.7. The van der Waals surface area contributed by atoms with E-state index >= 15 is 0 Å². The molecule has 130 valence electrons. The van der Waals surface area contributed by atoms with E-state index in [1.165, 1.54) is 14.0 Å². The third-order valence-electron chi connectivity index (χ3n) is 4.80. The summed E-state index contributed by atoms with van der Waals surface area (Å²) in [5.74, 6) is 0.491. The van der Waals surface area contributed by atoms with Crippen molar-refractivity contribution in [2.45, 2.75) is 25.8 Å². The van der Waals surface area contributed by atoms with Gasteiger partial charge >= 0.3 is 0 Å². The van der Waals surface area contributed by atoms with Gasteiger partial charge in [-0.3, -0.25) is 9.59 Å². The zero-order valence-electron chi connectivity index (χ0n) is 13.9. The molecule has 1 aromatic carbocycles. The monoisotopic (exact) mass is 351 g/mol. The molecule has 1 aromatic rings. The number of methoxy groups -OCH3 is 1. The second-order valence-corrected chi connectivity index (χ2v) is 6.84. The van der Waals surface area contributed by atoms with Crippen molar-refractivity contribution in [3.8, 4) is 5.75 Å². The maximum Gasteiger partial charge on any atom is 0.255 e. The van der Waals surface area contributed by atoms with Crippen molar-refractivity contribution < 1.29 is 14.3 Å². The van der Waals surface area contributed by atoms with Crippen LogP contribution in [-0.4, -0.2) is 49.5 Å². The molecule has 0 spiro atoms. The third-order valence-corrected chi connectivity index (χ3v) is 5.11. The van der Waals surface area contributed by atoms with Crippen molar-refractivity contribution in [1.82, 2.24) is 10.2 Å². The Bertz CT molecular complexity index is 665. The van der Waals surface area contributed by atoms with E-state index in [-0.39, 0.29) is 17.9 Å². The molecule has 0 saturated carbocycles. The average molecular weight is 352 g/mol. The minimum atomic E-state index is -0.232. The second kappa shape index (κ2) is 6.99. The highest BCUT2D eigenvalue weighted by Crippen LogP contribution is 2.32. The third kappa shape index (κ3) is 3.49. The van der Waals surface area contributed by atoms with E-state index in [2.05, 4.69) is 15.5 Å². The molecule has 2 fully saturated rings. The molecule has 2 aliphatic heterocycles. The van der Waals surface area contributed by atoms with Crippen molar-refractivity contribution in [3.05, 3.63) is 22.7 Å². The molecule has 0 aromatic heterocycles. The van der Waals surface area contributed by atoms with Crippen LogP contribution >= 0.6 is 11.6 Å². The van der Waals surface area contributed by atoms with E-state index < -0.39 is 0 Å². The van der Waals surface area contributed by atoms with E-state index in [0.717, 1.165) is 32.5 Å². The van der Waals surface area contributed by atoms with Crippen molar-refractivity contribution in [2.75, 3.05) is 32.1 Å². The summed E-state index contributed by atoms with van der Waals surface area (Å²) in [6.07, 6.45) is 2.10. The van der Waals surface area contributed by atoms with Gasteiger partial charge in [-0.15, -0.1) is 0 Å². The van der Waals surface area contributed by atoms with E-state index in [9.17, 15) is 9.59 Å². The van der Waals surface area contributed by atoms with E-state index in [4.69, 9.17) is 16.3 Å². The number of rotatable bonds is 4. The lowest BCUT2D eigenvalue weighted by Crippen LogP contribution is -2.46. The van der Waals surface area contributed by atoms with Crippen LogP contribution in [0.5, 0.6) is 5.75 Å². The van der Waals surface area contributed by atoms with Crippen molar-refractivity contribution in [1.29, 1.82) is 0 Å². The van der Waals surface area contributed by atoms with Gasteiger partial charge in [0, 0.05) is 32.1 Å². The number of nitrogens with one attached hydrogen (secondary N) is 2. The normalized spacial score (nSPS) is 25.2. The van der Waals surface area contributed by atoms with Gasteiger partial charge in [-0.05, 0) is 31.4 Å². The smallest absolute Gasteiger partial charge is 0.255 e. The molecule has 0 aliphatic carbocycles. The van der Waals surface area contributed by atoms with Gasteiger partial charge in [0.15, 0.2) is 0 Å². The van der Waals surface area contributed by atoms with Gasteiger partial charge in [0.25, 0.3) is 5.91 Å². The Morgan fingerprint density at radius 1 is 1.29 bits per heavy atom. The lowest BCUT2D eigenvalue weighted by molar-refractivity contribution is -0.114. The minimum absolute atomic E-state index is 0.187. The Hall–Kier alpha value is -1.79. The number of anilines is 1. The number of benzene rings is 1. The average Bonchev–Trinajstić information content (AvgIpc) is 2.93. The molecular formula is C17H22ClN3O3. The van der Waals surface area contributed by atoms with Gasteiger partial charge in [0.05, 0.1) is 23.4 Å². The van der Waals surface area contributed by atoms with Crippen LogP contribution in [0.25, 0.3) is 0 Å². The van der Waals surface area contributed by atoms with Crippen LogP contribution in [0.2, 0.25) is 5.02 Å². The van der Waals surface area contributed by atoms with Crippen molar-refractivity contribution in [2.24, 2.45) is 5.92 Å². The fourth-order valence-corrected chi connectivity index (χ4v) is 3.78. The van der Waals surface area contributed by atoms with Crippen LogP contribution in [0, 0.1) is 5.92 Å². The van der Waals surface area contributed by atoms with Gasteiger partial charge in [-0.1, -0.05) is 11.6 Å². The molecule has 2 heterocycles. The number of ether oxygens (including phenoxy) is 1. The summed E-state index contributed by atoms with van der Waals surface area (Å²) in [6.45, 7) is 4.61. The number of nitrogens with zero attached hydrogens (tertiary/aromatic N) is 1. The zero-order chi connectivity index (χ0) is 17.3. The van der Waals surface area contributed by atoms with Gasteiger partial charge in [0.2, 0.25) is 5.91 Å². The largest absolute Gasteiger partial charge is 0.496 e. The van der Waals surface area contributed by atoms with E-state index in [1.807, 2.05) is 0 Å². The quantitative estimate of drug-likeness (QED) is 0.871. The summed E-state index contributed by atoms with van der Waals surface area (Å²) in [6, 6.07) is 3.32. The number of hydrogen-bond donors (Lipinski definition) is 2. The molecular weight excluding hydrogens is 330 g/mol. The van der Waals surface area contributed by atoms with Gasteiger partial charge in [-0.2, -0.15) is 0 Å². The highest BCUT2D eigenvalue weighted by molar-refractivity contribution is 6.34. The molecule has 24 heavy (non-hydrogen) atoms. The van der Waals surface area contributed by atoms with Crippen LogP contribution in [0.1, 0.15) is 30.1 Å². The Morgan fingerprint density at radius 2 is 2.04 bits per heavy atom. The lowest BCUT2D eigenvalue weighted by Gasteiger charge is -2.31. The molecule has 2 bridgehead atoms. The van der Waals surface area contributed by atoms with Gasteiger partial charge in [0.1, 0.15) is 5.75 Å². The van der Waals surface area contributed by atoms with Crippen LogP contribution in [0.3, 0.4) is 0 Å². The van der Waals surface area contributed by atoms with Crippen LogP contribution in [0.4, 0.5) is 5.69 Å². The van der Waals surface area contributed by atoms with Crippen LogP contribution in [-0.2, 0) is 4.79 Å². The number of fused-ring (bicyclic) bond motifs is 2. The number of carbonyl (C=O) groups excluding carboxylic acids is 2. The molecule has 2 N–H and O–H groups in total. The maximum absolute atomic E-state index is 12.7. The number of hydrogen-bond acceptors (Lipinski definition) is 4. The molecule has 1 unspecified atom stereocenters. The molecule has 2 saturated heterocycles. The number of piperidine rings is 1. The Balaban J connectivity index is 1.78. The summed E-state index contributed by atoms with van der Waals surface area (Å²) in [4.78, 5) is 26.4. The predicted octanol–water partition coefficient (Wildman–Crippen LogP) is 2.13. The summed E-state index contributed by atoms with van der Waals surface area (Å²) in [7, 11) is 1.49. The SMILES string of the molecule is COc1cc(NC(C)=O)c(Cl)cc1C(=O)N[C@H]1CCN2CC[C@H]1C2. The summed E-state index contributed by atoms with van der Waals surface area (Å²) >= 11 is 6.19. The Kier molecular flexibility index (Phi) is 4.96. The summed E-state index contributed by atoms with van der Waals surface area (Å²) in [5, 5.41) is 6.07. The molecule has 7 heteroatoms. The first-order valence-electron chi connectivity index (χ1n) is 8.16. The lowest BCUT2D eigenvalue weighted by atomic mass is 9.94. The topological polar surface area (TPSA) is 70.7 Å². The van der Waals surface area contributed by atoms with Crippen LogP contribution in [0.15, 0.2) is 12.1 Å². The second-order valence-electron chi connectivity index (χ2n) is 6.43. The first-order valence-corrected chi connectivity index (χ1v) is 8.54.